The maximum atomic E-state index is 5.26. The van der Waals surface area contributed by atoms with Gasteiger partial charge in [0.15, 0.2) is 0 Å². The topological polar surface area (TPSA) is 25.2 Å². The Labute approximate surface area is 96.3 Å². The zero-order valence-corrected chi connectivity index (χ0v) is 9.52. The molecule has 0 fully saturated rings. The van der Waals surface area contributed by atoms with E-state index < -0.39 is 0 Å². The molecule has 0 aliphatic carbocycles. The number of benzene rings is 1. The van der Waals surface area contributed by atoms with E-state index >= 15 is 0 Å². The minimum Gasteiger partial charge on any atom is -0.468 e. The third-order valence-corrected chi connectivity index (χ3v) is 2.70. The average molecular weight is 215 g/mol. The van der Waals surface area contributed by atoms with Gasteiger partial charge in [-0.3, -0.25) is 0 Å². The van der Waals surface area contributed by atoms with Crippen LogP contribution in [0.5, 0.6) is 0 Å². The predicted octanol–water partition coefficient (Wildman–Crippen LogP) is 3.17. The van der Waals surface area contributed by atoms with Crippen LogP contribution >= 0.6 is 0 Å². The Bertz CT molecular complexity index is 394. The summed E-state index contributed by atoms with van der Waals surface area (Å²) >= 11 is 0. The predicted molar refractivity (Wildman–Crippen MR) is 65.3 cm³/mol. The van der Waals surface area contributed by atoms with Crippen molar-refractivity contribution in [2.75, 3.05) is 6.54 Å². The highest BCUT2D eigenvalue weighted by molar-refractivity contribution is 5.18. The molecule has 2 heteroatoms. The molecule has 0 saturated carbocycles. The number of nitrogens with one attached hydrogen (secondary N) is 1. The second kappa shape index (κ2) is 5.52. The summed E-state index contributed by atoms with van der Waals surface area (Å²) in [4.78, 5) is 0. The second-order valence-electron chi connectivity index (χ2n) is 4.02. The highest BCUT2D eigenvalue weighted by Gasteiger charge is 2.04. The SMILES string of the molecule is C[C@@H](CNCc1ccco1)c1ccccc1. The molecule has 0 amide bonds. The molecule has 16 heavy (non-hydrogen) atoms. The van der Waals surface area contributed by atoms with Crippen LogP contribution in [0.15, 0.2) is 53.1 Å². The van der Waals surface area contributed by atoms with Crippen molar-refractivity contribution in [3.05, 3.63) is 60.1 Å². The smallest absolute Gasteiger partial charge is 0.117 e. The molecule has 0 spiro atoms. The highest BCUT2D eigenvalue weighted by atomic mass is 16.3. The lowest BCUT2D eigenvalue weighted by molar-refractivity contribution is 0.476. The first-order valence-corrected chi connectivity index (χ1v) is 5.64. The van der Waals surface area contributed by atoms with Crippen molar-refractivity contribution in [1.29, 1.82) is 0 Å². The number of hydrogen-bond donors (Lipinski definition) is 1. The van der Waals surface area contributed by atoms with Gasteiger partial charge in [0.05, 0.1) is 12.8 Å². The summed E-state index contributed by atoms with van der Waals surface area (Å²) < 4.78 is 5.26. The molecule has 84 valence electrons. The monoisotopic (exact) mass is 215 g/mol. The lowest BCUT2D eigenvalue weighted by Gasteiger charge is -2.12. The fraction of sp³-hybridized carbons (Fsp3) is 0.286. The molecular weight excluding hydrogens is 198 g/mol. The molecule has 2 rings (SSSR count). The molecule has 1 aromatic heterocycles. The van der Waals surface area contributed by atoms with E-state index in [0.29, 0.717) is 5.92 Å². The number of rotatable bonds is 5. The van der Waals surface area contributed by atoms with Gasteiger partial charge < -0.3 is 9.73 Å². The summed E-state index contributed by atoms with van der Waals surface area (Å²) in [6.07, 6.45) is 1.71. The van der Waals surface area contributed by atoms with Crippen molar-refractivity contribution in [3.63, 3.8) is 0 Å². The van der Waals surface area contributed by atoms with Gasteiger partial charge >= 0.3 is 0 Å². The Kier molecular flexibility index (Phi) is 3.78. The van der Waals surface area contributed by atoms with E-state index in [4.69, 9.17) is 4.42 Å². The second-order valence-corrected chi connectivity index (χ2v) is 4.02. The van der Waals surface area contributed by atoms with Crippen LogP contribution in [0.3, 0.4) is 0 Å². The van der Waals surface area contributed by atoms with E-state index in [1.165, 1.54) is 5.56 Å². The van der Waals surface area contributed by atoms with Crippen molar-refractivity contribution in [1.82, 2.24) is 5.32 Å². The van der Waals surface area contributed by atoms with Crippen LogP contribution in [-0.2, 0) is 6.54 Å². The van der Waals surface area contributed by atoms with Gasteiger partial charge in [-0.1, -0.05) is 37.3 Å². The van der Waals surface area contributed by atoms with Crippen molar-refractivity contribution < 1.29 is 4.42 Å². The normalized spacial score (nSPS) is 12.6. The quantitative estimate of drug-likeness (QED) is 0.828. The number of hydrogen-bond acceptors (Lipinski definition) is 2. The van der Waals surface area contributed by atoms with Crippen LogP contribution < -0.4 is 5.32 Å². The standard InChI is InChI=1S/C14H17NO/c1-12(13-6-3-2-4-7-13)10-15-11-14-8-5-9-16-14/h2-9,12,15H,10-11H2,1H3/t12-/m0/s1. The van der Waals surface area contributed by atoms with Crippen LogP contribution in [0, 0.1) is 0 Å². The molecule has 0 aliphatic rings. The summed E-state index contributed by atoms with van der Waals surface area (Å²) in [6.45, 7) is 3.99. The van der Waals surface area contributed by atoms with Crippen molar-refractivity contribution in [2.45, 2.75) is 19.4 Å². The molecule has 1 N–H and O–H groups in total. The van der Waals surface area contributed by atoms with Crippen molar-refractivity contribution in [3.8, 4) is 0 Å². The Morgan fingerprint density at radius 1 is 1.12 bits per heavy atom. The summed E-state index contributed by atoms with van der Waals surface area (Å²) in [5, 5.41) is 3.39. The fourth-order valence-electron chi connectivity index (χ4n) is 1.72. The lowest BCUT2D eigenvalue weighted by atomic mass is 10.0. The van der Waals surface area contributed by atoms with E-state index in [-0.39, 0.29) is 0 Å². The highest BCUT2D eigenvalue weighted by Crippen LogP contribution is 2.13. The van der Waals surface area contributed by atoms with Crippen LogP contribution in [-0.4, -0.2) is 6.54 Å². The molecule has 1 aromatic carbocycles. The molecule has 0 bridgehead atoms. The van der Waals surface area contributed by atoms with E-state index in [1.54, 1.807) is 6.26 Å². The van der Waals surface area contributed by atoms with Crippen molar-refractivity contribution >= 4 is 0 Å². The molecule has 0 unspecified atom stereocenters. The minimum atomic E-state index is 0.524. The zero-order chi connectivity index (χ0) is 11.2. The van der Waals surface area contributed by atoms with Crippen LogP contribution in [0.4, 0.5) is 0 Å². The summed E-state index contributed by atoms with van der Waals surface area (Å²) in [6, 6.07) is 14.4. The minimum absolute atomic E-state index is 0.524. The first kappa shape index (κ1) is 11.0. The Morgan fingerprint density at radius 2 is 1.94 bits per heavy atom. The van der Waals surface area contributed by atoms with Gasteiger partial charge in [-0.2, -0.15) is 0 Å². The van der Waals surface area contributed by atoms with Gasteiger partial charge in [0.25, 0.3) is 0 Å². The molecule has 0 aliphatic heterocycles. The van der Waals surface area contributed by atoms with E-state index in [0.717, 1.165) is 18.8 Å². The molecule has 0 saturated heterocycles. The Hall–Kier alpha value is -1.54. The largest absolute Gasteiger partial charge is 0.468 e. The molecule has 1 heterocycles. The maximum Gasteiger partial charge on any atom is 0.117 e. The third kappa shape index (κ3) is 2.97. The van der Waals surface area contributed by atoms with Crippen LogP contribution in [0.2, 0.25) is 0 Å². The lowest BCUT2D eigenvalue weighted by Crippen LogP contribution is -2.19. The summed E-state index contributed by atoms with van der Waals surface area (Å²) in [5.41, 5.74) is 1.37. The van der Waals surface area contributed by atoms with E-state index in [1.807, 2.05) is 18.2 Å². The van der Waals surface area contributed by atoms with Gasteiger partial charge in [0, 0.05) is 6.54 Å². The van der Waals surface area contributed by atoms with Gasteiger partial charge in [-0.15, -0.1) is 0 Å². The van der Waals surface area contributed by atoms with E-state index in [9.17, 15) is 0 Å². The fourth-order valence-corrected chi connectivity index (χ4v) is 1.72. The van der Waals surface area contributed by atoms with Crippen molar-refractivity contribution in [2.24, 2.45) is 0 Å². The first-order valence-electron chi connectivity index (χ1n) is 5.64. The summed E-state index contributed by atoms with van der Waals surface area (Å²) in [7, 11) is 0. The molecule has 2 aromatic rings. The Balaban J connectivity index is 1.78. The van der Waals surface area contributed by atoms with Crippen LogP contribution in [0.1, 0.15) is 24.2 Å². The maximum absolute atomic E-state index is 5.26. The van der Waals surface area contributed by atoms with Gasteiger partial charge in [0.2, 0.25) is 0 Å². The summed E-state index contributed by atoms with van der Waals surface area (Å²) in [5.74, 6) is 1.51. The zero-order valence-electron chi connectivity index (χ0n) is 9.52. The molecule has 2 nitrogen and oxygen atoms in total. The van der Waals surface area contributed by atoms with E-state index in [2.05, 4.69) is 36.5 Å². The van der Waals surface area contributed by atoms with Gasteiger partial charge in [-0.25, -0.2) is 0 Å². The molecular formula is C14H17NO. The number of furan rings is 1. The third-order valence-electron chi connectivity index (χ3n) is 2.70. The average Bonchev–Trinajstić information content (AvgIpc) is 2.83. The van der Waals surface area contributed by atoms with Crippen LogP contribution in [0.25, 0.3) is 0 Å². The molecule has 0 radical (unpaired) electrons. The molecule has 1 atom stereocenters. The first-order chi connectivity index (χ1) is 7.86. The van der Waals surface area contributed by atoms with Gasteiger partial charge in [0.1, 0.15) is 5.76 Å². The Morgan fingerprint density at radius 3 is 2.62 bits per heavy atom. The van der Waals surface area contributed by atoms with Gasteiger partial charge in [-0.05, 0) is 23.6 Å².